The molecule has 7 heteroatoms. The number of hydrogen-bond acceptors (Lipinski definition) is 5. The SMILES string of the molecule is C.C=C/C=C\C(=C/C)C(OC)(C(/C=C\C)=C/C=C)C1CCN(C(=O)ON(C)C(=O)CCC=O)CC1.CC. The number of rotatable bonds is 11. The summed E-state index contributed by atoms with van der Waals surface area (Å²) in [4.78, 5) is 41.8. The first kappa shape index (κ1) is 36.0. The smallest absolute Gasteiger partial charge is 0.368 e. The summed E-state index contributed by atoms with van der Waals surface area (Å²) >= 11 is 0. The average molecular weight is 517 g/mol. The zero-order valence-corrected chi connectivity index (χ0v) is 22.9. The molecule has 0 saturated carbocycles. The Morgan fingerprint density at radius 3 is 2.16 bits per heavy atom. The van der Waals surface area contributed by atoms with Gasteiger partial charge in [0.15, 0.2) is 0 Å². The van der Waals surface area contributed by atoms with E-state index in [9.17, 15) is 14.4 Å². The molecule has 1 aliphatic rings. The molecule has 0 bridgehead atoms. The van der Waals surface area contributed by atoms with E-state index in [1.165, 1.54) is 7.05 Å². The Bertz CT molecular complexity index is 848. The van der Waals surface area contributed by atoms with Crippen LogP contribution in [-0.4, -0.2) is 61.1 Å². The molecule has 0 N–H and O–H groups in total. The van der Waals surface area contributed by atoms with Crippen LogP contribution < -0.4 is 0 Å². The van der Waals surface area contributed by atoms with Crippen molar-refractivity contribution in [1.29, 1.82) is 0 Å². The molecular formula is C30H48N2O5. The zero-order valence-electron chi connectivity index (χ0n) is 22.9. The fraction of sp³-hybridized carbons (Fsp3) is 0.500. The molecule has 1 atom stereocenters. The van der Waals surface area contributed by atoms with Crippen molar-refractivity contribution in [2.75, 3.05) is 27.2 Å². The number of carbonyl (C=O) groups is 3. The van der Waals surface area contributed by atoms with E-state index in [0.29, 0.717) is 32.2 Å². The first-order valence-corrected chi connectivity index (χ1v) is 12.5. The second-order valence-corrected chi connectivity index (χ2v) is 7.85. The Morgan fingerprint density at radius 1 is 1.08 bits per heavy atom. The van der Waals surface area contributed by atoms with Crippen LogP contribution in [0.3, 0.4) is 0 Å². The lowest BCUT2D eigenvalue weighted by atomic mass is 9.70. The molecule has 1 heterocycles. The van der Waals surface area contributed by atoms with Crippen LogP contribution in [0.2, 0.25) is 0 Å². The van der Waals surface area contributed by atoms with Crippen molar-refractivity contribution in [2.45, 2.75) is 66.4 Å². The largest absolute Gasteiger partial charge is 0.434 e. The van der Waals surface area contributed by atoms with E-state index in [1.807, 2.05) is 64.2 Å². The van der Waals surface area contributed by atoms with Crippen molar-refractivity contribution in [3.8, 4) is 0 Å². The van der Waals surface area contributed by atoms with Crippen LogP contribution in [0, 0.1) is 5.92 Å². The molecule has 1 unspecified atom stereocenters. The number of methoxy groups -OCH3 is 1. The Labute approximate surface area is 224 Å². The maximum atomic E-state index is 12.6. The Morgan fingerprint density at radius 2 is 1.70 bits per heavy atom. The molecule has 1 rings (SSSR count). The van der Waals surface area contributed by atoms with Gasteiger partial charge in [-0.25, -0.2) is 4.79 Å². The Kier molecular flexibility index (Phi) is 19.4. The van der Waals surface area contributed by atoms with Crippen molar-refractivity contribution < 1.29 is 24.0 Å². The van der Waals surface area contributed by atoms with E-state index in [1.54, 1.807) is 24.2 Å². The van der Waals surface area contributed by atoms with Gasteiger partial charge in [0, 0.05) is 40.1 Å². The number of hydroxylamine groups is 2. The molecule has 0 radical (unpaired) electrons. The third-order valence-electron chi connectivity index (χ3n) is 5.92. The summed E-state index contributed by atoms with van der Waals surface area (Å²) in [5.41, 5.74) is 1.21. The summed E-state index contributed by atoms with van der Waals surface area (Å²) < 4.78 is 6.29. The van der Waals surface area contributed by atoms with Crippen molar-refractivity contribution in [1.82, 2.24) is 9.96 Å². The van der Waals surface area contributed by atoms with Crippen molar-refractivity contribution in [3.05, 3.63) is 72.9 Å². The Hall–Kier alpha value is -3.19. The van der Waals surface area contributed by atoms with E-state index >= 15 is 0 Å². The maximum Gasteiger partial charge on any atom is 0.434 e. The van der Waals surface area contributed by atoms with Gasteiger partial charge in [-0.3, -0.25) is 4.79 Å². The predicted molar refractivity (Wildman–Crippen MR) is 153 cm³/mol. The van der Waals surface area contributed by atoms with Gasteiger partial charge in [-0.2, -0.15) is 5.06 Å². The average Bonchev–Trinajstić information content (AvgIpc) is 2.91. The highest BCUT2D eigenvalue weighted by atomic mass is 16.7. The summed E-state index contributed by atoms with van der Waals surface area (Å²) in [7, 11) is 3.08. The van der Waals surface area contributed by atoms with E-state index in [4.69, 9.17) is 9.57 Å². The van der Waals surface area contributed by atoms with Crippen molar-refractivity contribution in [3.63, 3.8) is 0 Å². The number of allylic oxidation sites excluding steroid dienone is 6. The zero-order chi connectivity index (χ0) is 27.6. The van der Waals surface area contributed by atoms with Gasteiger partial charge < -0.3 is 19.3 Å². The van der Waals surface area contributed by atoms with E-state index in [-0.39, 0.29) is 26.2 Å². The van der Waals surface area contributed by atoms with Gasteiger partial charge in [0.1, 0.15) is 11.9 Å². The lowest BCUT2D eigenvalue weighted by molar-refractivity contribution is -0.163. The van der Waals surface area contributed by atoms with Gasteiger partial charge in [0.2, 0.25) is 0 Å². The van der Waals surface area contributed by atoms with Crippen LogP contribution in [0.25, 0.3) is 0 Å². The minimum absolute atomic E-state index is 0. The third-order valence-corrected chi connectivity index (χ3v) is 5.92. The van der Waals surface area contributed by atoms with E-state index in [2.05, 4.69) is 13.2 Å². The molecule has 0 spiro atoms. The molecule has 2 amide bonds. The number of ether oxygens (including phenoxy) is 1. The van der Waals surface area contributed by atoms with Gasteiger partial charge in [0.05, 0.1) is 0 Å². The van der Waals surface area contributed by atoms with Gasteiger partial charge >= 0.3 is 6.09 Å². The van der Waals surface area contributed by atoms with Gasteiger partial charge in [-0.05, 0) is 43.8 Å². The van der Waals surface area contributed by atoms with Crippen LogP contribution >= 0.6 is 0 Å². The number of amides is 2. The molecule has 0 aromatic rings. The van der Waals surface area contributed by atoms with Crippen LogP contribution in [0.4, 0.5) is 4.79 Å². The molecule has 0 aromatic carbocycles. The number of piperidine rings is 1. The number of hydrogen-bond donors (Lipinski definition) is 0. The highest BCUT2D eigenvalue weighted by Crippen LogP contribution is 2.43. The highest BCUT2D eigenvalue weighted by Gasteiger charge is 2.45. The summed E-state index contributed by atoms with van der Waals surface area (Å²) in [6.07, 6.45) is 16.8. The van der Waals surface area contributed by atoms with Gasteiger partial charge in [0.25, 0.3) is 5.91 Å². The minimum atomic E-state index is -0.744. The number of likely N-dealkylation sites (tertiary alicyclic amines) is 1. The Balaban J connectivity index is 0. The summed E-state index contributed by atoms with van der Waals surface area (Å²) in [6.45, 7) is 16.5. The molecule has 37 heavy (non-hydrogen) atoms. The standard InChI is InChI=1S/C27H38N2O5.C2H6.CH4/c1-7-11-15-22(10-4)27(33-6,23(13-8-2)14-9-3)24-17-19-29(20-18-24)26(32)34-28(5)25(31)16-12-21-30;1-2;/h7-11,13-15,21,24H,1-2,12,16-20H2,3-6H3;1-2H3;1H4/b14-9-,15-11-,22-10+,23-13+;;. The van der Waals surface area contributed by atoms with Gasteiger partial charge in [-0.1, -0.05) is 83.0 Å². The molecular weight excluding hydrogens is 468 g/mol. The first-order valence-electron chi connectivity index (χ1n) is 12.5. The van der Waals surface area contributed by atoms with Crippen LogP contribution in [-0.2, 0) is 19.2 Å². The van der Waals surface area contributed by atoms with E-state index in [0.717, 1.165) is 16.2 Å². The second kappa shape index (κ2) is 19.9. The lowest BCUT2D eigenvalue weighted by Crippen LogP contribution is -2.50. The molecule has 7 nitrogen and oxygen atoms in total. The topological polar surface area (TPSA) is 76.2 Å². The highest BCUT2D eigenvalue weighted by molar-refractivity contribution is 5.79. The predicted octanol–water partition coefficient (Wildman–Crippen LogP) is 6.61. The van der Waals surface area contributed by atoms with Crippen LogP contribution in [0.1, 0.15) is 60.8 Å². The van der Waals surface area contributed by atoms with Crippen molar-refractivity contribution in [2.24, 2.45) is 5.92 Å². The lowest BCUT2D eigenvalue weighted by Gasteiger charge is -2.45. The molecule has 208 valence electrons. The first-order chi connectivity index (χ1) is 17.4. The number of nitrogens with zero attached hydrogens (tertiary/aromatic N) is 2. The fourth-order valence-corrected chi connectivity index (χ4v) is 4.29. The fourth-order valence-electron chi connectivity index (χ4n) is 4.29. The van der Waals surface area contributed by atoms with Crippen LogP contribution in [0.5, 0.6) is 0 Å². The van der Waals surface area contributed by atoms with Gasteiger partial charge in [-0.15, -0.1) is 0 Å². The quantitative estimate of drug-likeness (QED) is 0.175. The second-order valence-electron chi connectivity index (χ2n) is 7.85. The summed E-state index contributed by atoms with van der Waals surface area (Å²) in [5.74, 6) is -0.359. The molecule has 0 aliphatic carbocycles. The van der Waals surface area contributed by atoms with E-state index < -0.39 is 17.6 Å². The molecule has 1 saturated heterocycles. The van der Waals surface area contributed by atoms with Crippen LogP contribution in [0.15, 0.2) is 72.9 Å². The molecule has 1 aliphatic heterocycles. The maximum absolute atomic E-state index is 12.6. The minimum Gasteiger partial charge on any atom is -0.368 e. The number of aldehydes is 1. The monoisotopic (exact) mass is 516 g/mol. The van der Waals surface area contributed by atoms with Crippen molar-refractivity contribution >= 4 is 18.3 Å². The number of carbonyl (C=O) groups excluding carboxylic acids is 3. The summed E-state index contributed by atoms with van der Waals surface area (Å²) in [6, 6.07) is 0. The normalized spacial score (nSPS) is 16.2. The molecule has 1 fully saturated rings. The third kappa shape index (κ3) is 10.00. The molecule has 0 aromatic heterocycles. The summed E-state index contributed by atoms with van der Waals surface area (Å²) in [5, 5.41) is 0.895.